The standard InChI is InChI=1S/C11H19NO5/c1-10(2,3)17-9(15)12-6-11(4,16)5-7(12)8(13)14/h7,16H,5-6H2,1-4H3,(H,13,14)/t7-,11-/m1/s1. The number of aliphatic hydroxyl groups is 1. The summed E-state index contributed by atoms with van der Waals surface area (Å²) in [6.07, 6.45) is -0.690. The van der Waals surface area contributed by atoms with Crippen LogP contribution >= 0.6 is 0 Å². The van der Waals surface area contributed by atoms with Crippen molar-refractivity contribution in [2.75, 3.05) is 6.54 Å². The van der Waals surface area contributed by atoms with Gasteiger partial charge in [-0.2, -0.15) is 0 Å². The third-order valence-corrected chi connectivity index (χ3v) is 2.43. The molecule has 1 saturated heterocycles. The van der Waals surface area contributed by atoms with E-state index in [9.17, 15) is 14.7 Å². The largest absolute Gasteiger partial charge is 0.480 e. The SMILES string of the molecule is CC(C)(C)OC(=O)N1C[C@](C)(O)C[C@@H]1C(=O)O. The van der Waals surface area contributed by atoms with Gasteiger partial charge in [-0.1, -0.05) is 0 Å². The molecule has 0 aromatic carbocycles. The van der Waals surface area contributed by atoms with Crippen molar-refractivity contribution in [2.24, 2.45) is 0 Å². The molecule has 0 spiro atoms. The highest BCUT2D eigenvalue weighted by atomic mass is 16.6. The molecule has 17 heavy (non-hydrogen) atoms. The van der Waals surface area contributed by atoms with Crippen molar-refractivity contribution in [3.63, 3.8) is 0 Å². The lowest BCUT2D eigenvalue weighted by Crippen LogP contribution is -2.43. The fourth-order valence-electron chi connectivity index (χ4n) is 1.80. The summed E-state index contributed by atoms with van der Waals surface area (Å²) >= 11 is 0. The van der Waals surface area contributed by atoms with Gasteiger partial charge in [0.15, 0.2) is 0 Å². The highest BCUT2D eigenvalue weighted by Crippen LogP contribution is 2.28. The number of hydrogen-bond donors (Lipinski definition) is 2. The van der Waals surface area contributed by atoms with Crippen molar-refractivity contribution in [3.8, 4) is 0 Å². The van der Waals surface area contributed by atoms with E-state index >= 15 is 0 Å². The zero-order valence-corrected chi connectivity index (χ0v) is 10.6. The van der Waals surface area contributed by atoms with E-state index in [-0.39, 0.29) is 13.0 Å². The first-order valence-corrected chi connectivity index (χ1v) is 5.47. The van der Waals surface area contributed by atoms with E-state index in [2.05, 4.69) is 0 Å². The van der Waals surface area contributed by atoms with Crippen LogP contribution in [0.15, 0.2) is 0 Å². The van der Waals surface area contributed by atoms with Crippen molar-refractivity contribution in [1.82, 2.24) is 4.90 Å². The molecule has 1 rings (SSSR count). The molecule has 0 bridgehead atoms. The Balaban J connectivity index is 2.81. The lowest BCUT2D eigenvalue weighted by atomic mass is 10.0. The van der Waals surface area contributed by atoms with Crippen LogP contribution < -0.4 is 0 Å². The van der Waals surface area contributed by atoms with Gasteiger partial charge in [0, 0.05) is 6.42 Å². The fourth-order valence-corrected chi connectivity index (χ4v) is 1.80. The molecule has 1 amide bonds. The zero-order valence-electron chi connectivity index (χ0n) is 10.6. The molecular weight excluding hydrogens is 226 g/mol. The Hall–Kier alpha value is -1.30. The molecule has 0 aromatic heterocycles. The molecule has 1 aliphatic heterocycles. The van der Waals surface area contributed by atoms with E-state index in [0.717, 1.165) is 4.90 Å². The molecule has 1 heterocycles. The van der Waals surface area contributed by atoms with Crippen LogP contribution in [0.1, 0.15) is 34.1 Å². The molecule has 0 saturated carbocycles. The number of hydrogen-bond acceptors (Lipinski definition) is 4. The van der Waals surface area contributed by atoms with Gasteiger partial charge < -0.3 is 14.9 Å². The molecular formula is C11H19NO5. The van der Waals surface area contributed by atoms with Gasteiger partial charge >= 0.3 is 12.1 Å². The highest BCUT2D eigenvalue weighted by molar-refractivity contribution is 5.81. The first kappa shape index (κ1) is 13.8. The molecule has 6 nitrogen and oxygen atoms in total. The molecule has 2 N–H and O–H groups in total. The summed E-state index contributed by atoms with van der Waals surface area (Å²) in [6, 6.07) is -1.03. The van der Waals surface area contributed by atoms with Crippen molar-refractivity contribution < 1.29 is 24.5 Å². The molecule has 1 aliphatic rings. The molecule has 6 heteroatoms. The van der Waals surface area contributed by atoms with E-state index < -0.39 is 29.3 Å². The third-order valence-electron chi connectivity index (χ3n) is 2.43. The third kappa shape index (κ3) is 3.59. The number of aliphatic carboxylic acids is 1. The Bertz CT molecular complexity index is 331. The van der Waals surface area contributed by atoms with E-state index in [1.165, 1.54) is 6.92 Å². The van der Waals surface area contributed by atoms with Crippen molar-refractivity contribution >= 4 is 12.1 Å². The van der Waals surface area contributed by atoms with Crippen LogP contribution in [0.4, 0.5) is 4.79 Å². The van der Waals surface area contributed by atoms with Gasteiger partial charge in [0.25, 0.3) is 0 Å². The van der Waals surface area contributed by atoms with E-state index in [1.807, 2.05) is 0 Å². The lowest BCUT2D eigenvalue weighted by Gasteiger charge is -2.26. The van der Waals surface area contributed by atoms with Gasteiger partial charge in [-0.05, 0) is 27.7 Å². The zero-order chi connectivity index (χ0) is 13.4. The smallest absolute Gasteiger partial charge is 0.411 e. The number of nitrogens with zero attached hydrogens (tertiary/aromatic N) is 1. The molecule has 0 unspecified atom stereocenters. The summed E-state index contributed by atoms with van der Waals surface area (Å²) in [4.78, 5) is 23.9. The summed E-state index contributed by atoms with van der Waals surface area (Å²) < 4.78 is 5.11. The van der Waals surface area contributed by atoms with E-state index in [1.54, 1.807) is 20.8 Å². The number of amides is 1. The molecule has 2 atom stereocenters. The van der Waals surface area contributed by atoms with Gasteiger partial charge in [0.1, 0.15) is 11.6 Å². The minimum atomic E-state index is -1.18. The van der Waals surface area contributed by atoms with Crippen molar-refractivity contribution in [3.05, 3.63) is 0 Å². The number of rotatable bonds is 1. The molecule has 0 radical (unpaired) electrons. The Morgan fingerprint density at radius 3 is 2.35 bits per heavy atom. The van der Waals surface area contributed by atoms with Gasteiger partial charge in [-0.25, -0.2) is 9.59 Å². The quantitative estimate of drug-likeness (QED) is 0.714. The minimum absolute atomic E-state index is 0.0155. The topological polar surface area (TPSA) is 87.1 Å². The number of carboxylic acids is 1. The predicted octanol–water partition coefficient (Wildman–Crippen LogP) is 0.831. The van der Waals surface area contributed by atoms with Crippen molar-refractivity contribution in [2.45, 2.75) is 51.4 Å². The van der Waals surface area contributed by atoms with Crippen molar-refractivity contribution in [1.29, 1.82) is 0 Å². The fraction of sp³-hybridized carbons (Fsp3) is 0.818. The second-order valence-electron chi connectivity index (χ2n) is 5.66. The Morgan fingerprint density at radius 2 is 1.94 bits per heavy atom. The average molecular weight is 245 g/mol. The maximum Gasteiger partial charge on any atom is 0.411 e. The van der Waals surface area contributed by atoms with E-state index in [4.69, 9.17) is 9.84 Å². The number of carbonyl (C=O) groups is 2. The van der Waals surface area contributed by atoms with Crippen LogP contribution in [-0.4, -0.2) is 51.0 Å². The van der Waals surface area contributed by atoms with Gasteiger partial charge in [-0.3, -0.25) is 4.90 Å². The van der Waals surface area contributed by atoms with Crippen LogP contribution in [-0.2, 0) is 9.53 Å². The monoisotopic (exact) mass is 245 g/mol. The van der Waals surface area contributed by atoms with Crippen LogP contribution in [0.25, 0.3) is 0 Å². The highest BCUT2D eigenvalue weighted by Gasteiger charge is 2.46. The second-order valence-corrected chi connectivity index (χ2v) is 5.66. The molecule has 98 valence electrons. The summed E-state index contributed by atoms with van der Waals surface area (Å²) in [5.74, 6) is -1.13. The maximum absolute atomic E-state index is 11.8. The normalized spacial score (nSPS) is 29.2. The van der Waals surface area contributed by atoms with Gasteiger partial charge in [-0.15, -0.1) is 0 Å². The number of carbonyl (C=O) groups excluding carboxylic acids is 1. The Morgan fingerprint density at radius 1 is 1.41 bits per heavy atom. The van der Waals surface area contributed by atoms with Gasteiger partial charge in [0.05, 0.1) is 12.1 Å². The summed E-state index contributed by atoms with van der Waals surface area (Å²) in [5, 5.41) is 18.8. The molecule has 0 aromatic rings. The number of carboxylic acid groups (broad SMARTS) is 1. The summed E-state index contributed by atoms with van der Waals surface area (Å²) in [5.41, 5.74) is -1.87. The molecule has 0 aliphatic carbocycles. The number of likely N-dealkylation sites (tertiary alicyclic amines) is 1. The van der Waals surface area contributed by atoms with Crippen LogP contribution in [0.5, 0.6) is 0 Å². The van der Waals surface area contributed by atoms with Crippen LogP contribution in [0.2, 0.25) is 0 Å². The minimum Gasteiger partial charge on any atom is -0.480 e. The number of ether oxygens (including phenoxy) is 1. The first-order valence-electron chi connectivity index (χ1n) is 5.47. The first-order chi connectivity index (χ1) is 7.52. The van der Waals surface area contributed by atoms with Crippen LogP contribution in [0, 0.1) is 0 Å². The second kappa shape index (κ2) is 4.18. The Kier molecular flexibility index (Phi) is 3.38. The Labute approximate surface area is 100 Å². The lowest BCUT2D eigenvalue weighted by molar-refractivity contribution is -0.142. The molecule has 1 fully saturated rings. The van der Waals surface area contributed by atoms with E-state index in [0.29, 0.717) is 0 Å². The number of β-amino-alcohol motifs (C(OH)–C–C–N with tert-alkyl or cyclic N) is 1. The predicted molar refractivity (Wildman–Crippen MR) is 59.6 cm³/mol. The maximum atomic E-state index is 11.8. The summed E-state index contributed by atoms with van der Waals surface area (Å²) in [7, 11) is 0. The van der Waals surface area contributed by atoms with Gasteiger partial charge in [0.2, 0.25) is 0 Å². The average Bonchev–Trinajstić information content (AvgIpc) is 2.38. The summed E-state index contributed by atoms with van der Waals surface area (Å²) in [6.45, 7) is 6.59. The van der Waals surface area contributed by atoms with Crippen LogP contribution in [0.3, 0.4) is 0 Å².